The molecule has 0 unspecified atom stereocenters. The largest absolute Gasteiger partial charge is 0.393 e. The van der Waals surface area contributed by atoms with Crippen LogP contribution in [0.15, 0.2) is 65.4 Å². The van der Waals surface area contributed by atoms with E-state index in [1.54, 1.807) is 0 Å². The molecule has 3 aromatic rings. The summed E-state index contributed by atoms with van der Waals surface area (Å²) in [6, 6.07) is 18.1. The fourth-order valence-corrected chi connectivity index (χ4v) is 2.54. The maximum Gasteiger partial charge on any atom is 0.159 e. The Kier molecular flexibility index (Phi) is 5.28. The lowest BCUT2D eigenvalue weighted by Gasteiger charge is -2.12. The number of hydrogen-bond donors (Lipinski definition) is 3. The summed E-state index contributed by atoms with van der Waals surface area (Å²) < 4.78 is 1.02. The highest BCUT2D eigenvalue weighted by Gasteiger charge is 2.08. The van der Waals surface area contributed by atoms with Crippen LogP contribution in [0.25, 0.3) is 0 Å². The minimum absolute atomic E-state index is 0.508. The molecule has 6 heteroatoms. The SMILES string of the molecule is Nc1c(NCCc2ccccc2)ncnc1Nc1ccc(Br)cc1. The molecular weight excluding hydrogens is 366 g/mol. The number of aromatic nitrogens is 2. The Labute approximate surface area is 149 Å². The van der Waals surface area contributed by atoms with Crippen LogP contribution in [0.3, 0.4) is 0 Å². The number of nitrogens with zero attached hydrogens (tertiary/aromatic N) is 2. The molecule has 1 aromatic heterocycles. The van der Waals surface area contributed by atoms with Gasteiger partial charge in [-0.15, -0.1) is 0 Å². The van der Waals surface area contributed by atoms with Crippen LogP contribution in [-0.4, -0.2) is 16.5 Å². The second-order valence-corrected chi connectivity index (χ2v) is 6.19. The second kappa shape index (κ2) is 7.79. The zero-order chi connectivity index (χ0) is 16.8. The van der Waals surface area contributed by atoms with Crippen molar-refractivity contribution in [2.75, 3.05) is 22.9 Å². The van der Waals surface area contributed by atoms with Crippen molar-refractivity contribution >= 4 is 38.9 Å². The van der Waals surface area contributed by atoms with Gasteiger partial charge in [0.25, 0.3) is 0 Å². The fourth-order valence-electron chi connectivity index (χ4n) is 2.28. The molecule has 0 spiro atoms. The maximum absolute atomic E-state index is 6.18. The Bertz CT molecular complexity index is 790. The van der Waals surface area contributed by atoms with Crippen LogP contribution in [0, 0.1) is 0 Å². The Hall–Kier alpha value is -2.60. The number of benzene rings is 2. The van der Waals surface area contributed by atoms with Gasteiger partial charge in [0, 0.05) is 16.7 Å². The molecule has 0 fully saturated rings. The molecular formula is C18H18BrN5. The molecule has 0 aliphatic rings. The van der Waals surface area contributed by atoms with E-state index in [0.29, 0.717) is 17.3 Å². The van der Waals surface area contributed by atoms with Crippen LogP contribution in [-0.2, 0) is 6.42 Å². The second-order valence-electron chi connectivity index (χ2n) is 5.28. The van der Waals surface area contributed by atoms with Crippen LogP contribution >= 0.6 is 15.9 Å². The lowest BCUT2D eigenvalue weighted by Crippen LogP contribution is -2.10. The average Bonchev–Trinajstić information content (AvgIpc) is 2.61. The van der Waals surface area contributed by atoms with E-state index in [1.165, 1.54) is 11.9 Å². The van der Waals surface area contributed by atoms with Crippen molar-refractivity contribution in [2.45, 2.75) is 6.42 Å². The number of anilines is 4. The molecule has 24 heavy (non-hydrogen) atoms. The lowest BCUT2D eigenvalue weighted by molar-refractivity contribution is 1.00. The molecule has 0 bridgehead atoms. The van der Waals surface area contributed by atoms with Gasteiger partial charge in [-0.1, -0.05) is 46.3 Å². The highest BCUT2D eigenvalue weighted by Crippen LogP contribution is 2.26. The van der Waals surface area contributed by atoms with Crippen molar-refractivity contribution in [1.29, 1.82) is 0 Å². The number of hydrogen-bond acceptors (Lipinski definition) is 5. The molecule has 5 nitrogen and oxygen atoms in total. The van der Waals surface area contributed by atoms with Gasteiger partial charge in [0.15, 0.2) is 11.6 Å². The van der Waals surface area contributed by atoms with Crippen molar-refractivity contribution in [2.24, 2.45) is 0 Å². The van der Waals surface area contributed by atoms with Gasteiger partial charge in [-0.25, -0.2) is 9.97 Å². The van der Waals surface area contributed by atoms with Crippen molar-refractivity contribution in [3.05, 3.63) is 71.0 Å². The van der Waals surface area contributed by atoms with E-state index in [4.69, 9.17) is 5.73 Å². The first-order valence-electron chi connectivity index (χ1n) is 7.63. The molecule has 122 valence electrons. The highest BCUT2D eigenvalue weighted by molar-refractivity contribution is 9.10. The third kappa shape index (κ3) is 4.23. The third-order valence-electron chi connectivity index (χ3n) is 3.54. The zero-order valence-corrected chi connectivity index (χ0v) is 14.6. The molecule has 2 aromatic carbocycles. The molecule has 0 atom stereocenters. The predicted molar refractivity (Wildman–Crippen MR) is 103 cm³/mol. The Morgan fingerprint density at radius 2 is 1.62 bits per heavy atom. The summed E-state index contributed by atoms with van der Waals surface area (Å²) in [5, 5.41) is 6.48. The molecule has 0 saturated carbocycles. The summed E-state index contributed by atoms with van der Waals surface area (Å²) in [5.41, 5.74) is 8.87. The van der Waals surface area contributed by atoms with Crippen LogP contribution in [0.1, 0.15) is 5.56 Å². The van der Waals surface area contributed by atoms with Gasteiger partial charge in [-0.05, 0) is 36.2 Å². The van der Waals surface area contributed by atoms with E-state index in [-0.39, 0.29) is 0 Å². The minimum Gasteiger partial charge on any atom is -0.393 e. The number of nitrogens with one attached hydrogen (secondary N) is 2. The Morgan fingerprint density at radius 1 is 0.917 bits per heavy atom. The van der Waals surface area contributed by atoms with Crippen LogP contribution < -0.4 is 16.4 Å². The summed E-state index contributed by atoms with van der Waals surface area (Å²) in [5.74, 6) is 1.23. The van der Waals surface area contributed by atoms with Crippen molar-refractivity contribution in [3.63, 3.8) is 0 Å². The molecule has 4 N–H and O–H groups in total. The number of halogens is 1. The Balaban J connectivity index is 1.65. The lowest BCUT2D eigenvalue weighted by atomic mass is 10.1. The maximum atomic E-state index is 6.18. The normalized spacial score (nSPS) is 10.4. The van der Waals surface area contributed by atoms with Crippen LogP contribution in [0.5, 0.6) is 0 Å². The zero-order valence-electron chi connectivity index (χ0n) is 13.0. The summed E-state index contributed by atoms with van der Waals surface area (Å²) in [6.45, 7) is 0.753. The number of nitrogen functional groups attached to an aromatic ring is 1. The smallest absolute Gasteiger partial charge is 0.159 e. The van der Waals surface area contributed by atoms with E-state index >= 15 is 0 Å². The number of nitrogens with two attached hydrogens (primary N) is 1. The van der Waals surface area contributed by atoms with Gasteiger partial charge >= 0.3 is 0 Å². The standard InChI is InChI=1S/C18H18BrN5/c19-14-6-8-15(9-7-14)24-18-16(20)17(22-12-23-18)21-11-10-13-4-2-1-3-5-13/h1-9,12H,10-11,20H2,(H2,21,22,23,24). The van der Waals surface area contributed by atoms with E-state index in [2.05, 4.69) is 48.7 Å². The first-order chi connectivity index (χ1) is 11.7. The predicted octanol–water partition coefficient (Wildman–Crippen LogP) is 4.22. The summed E-state index contributed by atoms with van der Waals surface area (Å²) in [4.78, 5) is 8.46. The molecule has 0 radical (unpaired) electrons. The van der Waals surface area contributed by atoms with Gasteiger partial charge in [0.2, 0.25) is 0 Å². The first-order valence-corrected chi connectivity index (χ1v) is 8.42. The van der Waals surface area contributed by atoms with E-state index in [1.807, 2.05) is 42.5 Å². The van der Waals surface area contributed by atoms with E-state index in [0.717, 1.165) is 23.1 Å². The van der Waals surface area contributed by atoms with Crippen LogP contribution in [0.4, 0.5) is 23.0 Å². The summed E-state index contributed by atoms with van der Waals surface area (Å²) in [6.07, 6.45) is 2.40. The monoisotopic (exact) mass is 383 g/mol. The van der Waals surface area contributed by atoms with Gasteiger partial charge in [-0.3, -0.25) is 0 Å². The quantitative estimate of drug-likeness (QED) is 0.593. The van der Waals surface area contributed by atoms with Gasteiger partial charge in [0.1, 0.15) is 12.0 Å². The topological polar surface area (TPSA) is 75.9 Å². The molecule has 0 aliphatic heterocycles. The highest BCUT2D eigenvalue weighted by atomic mass is 79.9. The summed E-state index contributed by atoms with van der Waals surface area (Å²) >= 11 is 3.42. The average molecular weight is 384 g/mol. The Morgan fingerprint density at radius 3 is 2.38 bits per heavy atom. The molecule has 1 heterocycles. The minimum atomic E-state index is 0.508. The fraction of sp³-hybridized carbons (Fsp3) is 0.111. The van der Waals surface area contributed by atoms with Gasteiger partial charge in [0.05, 0.1) is 0 Å². The summed E-state index contributed by atoms with van der Waals surface area (Å²) in [7, 11) is 0. The molecule has 0 saturated heterocycles. The molecule has 0 amide bonds. The molecule has 3 rings (SSSR count). The number of rotatable bonds is 6. The van der Waals surface area contributed by atoms with E-state index < -0.39 is 0 Å². The first kappa shape index (κ1) is 16.3. The van der Waals surface area contributed by atoms with Crippen molar-refractivity contribution < 1.29 is 0 Å². The molecule has 0 aliphatic carbocycles. The third-order valence-corrected chi connectivity index (χ3v) is 4.07. The van der Waals surface area contributed by atoms with Crippen molar-refractivity contribution in [1.82, 2.24) is 9.97 Å². The van der Waals surface area contributed by atoms with Gasteiger partial charge in [-0.2, -0.15) is 0 Å². The van der Waals surface area contributed by atoms with Crippen molar-refractivity contribution in [3.8, 4) is 0 Å². The van der Waals surface area contributed by atoms with Crippen LogP contribution in [0.2, 0.25) is 0 Å². The van der Waals surface area contributed by atoms with Gasteiger partial charge < -0.3 is 16.4 Å². The van der Waals surface area contributed by atoms with E-state index in [9.17, 15) is 0 Å².